The molecule has 9 heteroatoms. The number of ether oxygens (including phenoxy) is 1. The molecule has 2 aromatic carbocycles. The molecule has 0 radical (unpaired) electrons. The Kier molecular flexibility index (Phi) is 7.88. The van der Waals surface area contributed by atoms with Crippen LogP contribution in [0.5, 0.6) is 0 Å². The highest BCUT2D eigenvalue weighted by atomic mass is 16.5. The first-order valence-corrected chi connectivity index (χ1v) is 11.2. The van der Waals surface area contributed by atoms with Gasteiger partial charge in [-0.25, -0.2) is 0 Å². The number of fused-ring (bicyclic) bond motifs is 1. The van der Waals surface area contributed by atoms with E-state index in [9.17, 15) is 19.2 Å². The molecule has 34 heavy (non-hydrogen) atoms. The van der Waals surface area contributed by atoms with Crippen molar-refractivity contribution in [3.63, 3.8) is 0 Å². The fourth-order valence-corrected chi connectivity index (χ4v) is 4.02. The third-order valence-corrected chi connectivity index (χ3v) is 6.03. The first-order valence-electron chi connectivity index (χ1n) is 11.2. The van der Waals surface area contributed by atoms with Crippen molar-refractivity contribution in [2.45, 2.75) is 38.8 Å². The molecule has 2 aromatic rings. The van der Waals surface area contributed by atoms with Gasteiger partial charge in [0.1, 0.15) is 12.6 Å². The Bertz CT molecular complexity index is 1070. The van der Waals surface area contributed by atoms with E-state index < -0.39 is 29.9 Å². The van der Waals surface area contributed by atoms with Crippen molar-refractivity contribution in [2.24, 2.45) is 5.92 Å². The van der Waals surface area contributed by atoms with Crippen LogP contribution in [0.2, 0.25) is 0 Å². The molecule has 3 rings (SSSR count). The molecular weight excluding hydrogens is 436 g/mol. The molecule has 0 fully saturated rings. The fourth-order valence-electron chi connectivity index (χ4n) is 4.02. The molecular formula is C25H30N4O5. The minimum Gasteiger partial charge on any atom is -0.469 e. The van der Waals surface area contributed by atoms with Gasteiger partial charge in [-0.3, -0.25) is 19.2 Å². The molecule has 4 N–H and O–H groups in total. The van der Waals surface area contributed by atoms with E-state index in [0.717, 1.165) is 5.56 Å². The van der Waals surface area contributed by atoms with Crippen LogP contribution in [0.3, 0.4) is 0 Å². The van der Waals surface area contributed by atoms with Crippen molar-refractivity contribution in [1.29, 1.82) is 0 Å². The molecule has 9 nitrogen and oxygen atoms in total. The SMILES string of the molecule is CC[C@H](C)[C@H]1C(=O)Nc2ccc(N)cc2C(=O)N1CC(=O)N[C@H](CC(=O)OC)c1ccccc1. The van der Waals surface area contributed by atoms with Crippen LogP contribution in [0.15, 0.2) is 48.5 Å². The van der Waals surface area contributed by atoms with Crippen LogP contribution in [0.25, 0.3) is 0 Å². The first-order chi connectivity index (χ1) is 16.2. The highest BCUT2D eigenvalue weighted by Crippen LogP contribution is 2.29. The van der Waals surface area contributed by atoms with E-state index in [4.69, 9.17) is 10.5 Å². The molecule has 1 aliphatic heterocycles. The molecule has 0 saturated heterocycles. The zero-order valence-electron chi connectivity index (χ0n) is 19.5. The topological polar surface area (TPSA) is 131 Å². The number of nitrogens with one attached hydrogen (secondary N) is 2. The number of carbonyl (C=O) groups excluding carboxylic acids is 4. The molecule has 0 bridgehead atoms. The molecule has 0 unspecified atom stereocenters. The van der Waals surface area contributed by atoms with Gasteiger partial charge in [0.05, 0.1) is 30.8 Å². The van der Waals surface area contributed by atoms with E-state index in [-0.39, 0.29) is 30.4 Å². The second-order valence-corrected chi connectivity index (χ2v) is 8.37. The average Bonchev–Trinajstić information content (AvgIpc) is 2.93. The Morgan fingerprint density at radius 3 is 2.53 bits per heavy atom. The predicted octanol–water partition coefficient (Wildman–Crippen LogP) is 2.50. The van der Waals surface area contributed by atoms with Gasteiger partial charge in [-0.2, -0.15) is 0 Å². The number of benzene rings is 2. The summed E-state index contributed by atoms with van der Waals surface area (Å²) in [6.45, 7) is 3.41. The third-order valence-electron chi connectivity index (χ3n) is 6.03. The number of carbonyl (C=O) groups is 4. The first kappa shape index (κ1) is 24.8. The summed E-state index contributed by atoms with van der Waals surface area (Å²) in [4.78, 5) is 53.0. The summed E-state index contributed by atoms with van der Waals surface area (Å²) in [7, 11) is 1.28. The van der Waals surface area contributed by atoms with Crippen LogP contribution in [-0.2, 0) is 19.1 Å². The van der Waals surface area contributed by atoms with E-state index in [1.807, 2.05) is 19.9 Å². The molecule has 180 valence electrons. The normalized spacial score (nSPS) is 17.1. The zero-order chi connectivity index (χ0) is 24.8. The molecule has 0 aromatic heterocycles. The summed E-state index contributed by atoms with van der Waals surface area (Å²) >= 11 is 0. The Morgan fingerprint density at radius 2 is 1.88 bits per heavy atom. The maximum absolute atomic E-state index is 13.5. The van der Waals surface area contributed by atoms with E-state index in [1.165, 1.54) is 18.1 Å². The second-order valence-electron chi connectivity index (χ2n) is 8.37. The summed E-state index contributed by atoms with van der Waals surface area (Å²) in [5, 5.41) is 5.62. The number of nitrogens with two attached hydrogens (primary N) is 1. The standard InChI is InChI=1S/C25H30N4O5/c1-4-15(2)23-24(32)28-19-11-10-17(26)12-18(19)25(33)29(23)14-21(30)27-20(13-22(31)34-3)16-8-6-5-7-9-16/h5-12,15,20,23H,4,13-14,26H2,1-3H3,(H,27,30)(H,28,32)/t15-,20+,23-/m0/s1. The summed E-state index contributed by atoms with van der Waals surface area (Å²) < 4.78 is 4.78. The Hall–Kier alpha value is -3.88. The maximum atomic E-state index is 13.5. The number of anilines is 2. The average molecular weight is 467 g/mol. The van der Waals surface area contributed by atoms with Crippen molar-refractivity contribution in [3.8, 4) is 0 Å². The lowest BCUT2D eigenvalue weighted by molar-refractivity contribution is -0.141. The molecule has 3 atom stereocenters. The van der Waals surface area contributed by atoms with Gasteiger partial charge in [0, 0.05) is 5.69 Å². The number of nitrogens with zero attached hydrogens (tertiary/aromatic N) is 1. The van der Waals surface area contributed by atoms with Gasteiger partial charge in [-0.15, -0.1) is 0 Å². The van der Waals surface area contributed by atoms with Crippen molar-refractivity contribution < 1.29 is 23.9 Å². The van der Waals surface area contributed by atoms with Crippen molar-refractivity contribution in [3.05, 3.63) is 59.7 Å². The number of methoxy groups -OCH3 is 1. The third kappa shape index (κ3) is 5.54. The van der Waals surface area contributed by atoms with Gasteiger partial charge in [0.2, 0.25) is 11.8 Å². The van der Waals surface area contributed by atoms with E-state index in [1.54, 1.807) is 36.4 Å². The Morgan fingerprint density at radius 1 is 1.18 bits per heavy atom. The smallest absolute Gasteiger partial charge is 0.307 e. The quantitative estimate of drug-likeness (QED) is 0.405. The molecule has 3 amide bonds. The number of hydrogen-bond donors (Lipinski definition) is 3. The molecule has 0 aliphatic carbocycles. The lowest BCUT2D eigenvalue weighted by Crippen LogP contribution is -2.52. The predicted molar refractivity (Wildman–Crippen MR) is 128 cm³/mol. The van der Waals surface area contributed by atoms with Crippen molar-refractivity contribution >= 4 is 35.1 Å². The second kappa shape index (κ2) is 10.8. The number of esters is 1. The monoisotopic (exact) mass is 466 g/mol. The lowest BCUT2D eigenvalue weighted by atomic mass is 9.96. The number of amides is 3. The number of nitrogen functional groups attached to an aromatic ring is 1. The Labute approximate surface area is 198 Å². The summed E-state index contributed by atoms with van der Waals surface area (Å²) in [5.41, 5.74) is 7.55. The van der Waals surface area contributed by atoms with E-state index in [2.05, 4.69) is 10.6 Å². The largest absolute Gasteiger partial charge is 0.469 e. The van der Waals surface area contributed by atoms with Gasteiger partial charge < -0.3 is 26.0 Å². The zero-order valence-corrected chi connectivity index (χ0v) is 19.5. The molecule has 0 spiro atoms. The Balaban J connectivity index is 1.91. The number of rotatable bonds is 8. The minimum atomic E-state index is -0.854. The van der Waals surface area contributed by atoms with Crippen LogP contribution in [-0.4, -0.2) is 48.3 Å². The van der Waals surface area contributed by atoms with Crippen molar-refractivity contribution in [1.82, 2.24) is 10.2 Å². The van der Waals surface area contributed by atoms with Gasteiger partial charge in [-0.1, -0.05) is 50.6 Å². The van der Waals surface area contributed by atoms with E-state index >= 15 is 0 Å². The maximum Gasteiger partial charge on any atom is 0.307 e. The van der Waals surface area contributed by atoms with Crippen LogP contribution >= 0.6 is 0 Å². The van der Waals surface area contributed by atoms with Gasteiger partial charge >= 0.3 is 5.97 Å². The fraction of sp³-hybridized carbons (Fsp3) is 0.360. The van der Waals surface area contributed by atoms with Crippen LogP contribution < -0.4 is 16.4 Å². The highest BCUT2D eigenvalue weighted by molar-refractivity contribution is 6.11. The minimum absolute atomic E-state index is 0.0746. The number of hydrogen-bond acceptors (Lipinski definition) is 6. The summed E-state index contributed by atoms with van der Waals surface area (Å²) in [5.74, 6) is -2.03. The highest BCUT2D eigenvalue weighted by Gasteiger charge is 2.39. The van der Waals surface area contributed by atoms with Gasteiger partial charge in [-0.05, 0) is 29.7 Å². The van der Waals surface area contributed by atoms with Crippen LogP contribution in [0.1, 0.15) is 48.7 Å². The molecule has 0 saturated carbocycles. The van der Waals surface area contributed by atoms with Crippen molar-refractivity contribution in [2.75, 3.05) is 24.7 Å². The van der Waals surface area contributed by atoms with Crippen LogP contribution in [0.4, 0.5) is 11.4 Å². The van der Waals surface area contributed by atoms with E-state index in [0.29, 0.717) is 17.8 Å². The summed E-state index contributed by atoms with van der Waals surface area (Å²) in [6, 6.07) is 12.2. The molecule has 1 aliphatic rings. The molecule has 1 heterocycles. The van der Waals surface area contributed by atoms with Gasteiger partial charge in [0.25, 0.3) is 5.91 Å². The summed E-state index contributed by atoms with van der Waals surface area (Å²) in [6.07, 6.45) is 0.547. The van der Waals surface area contributed by atoms with Gasteiger partial charge in [0.15, 0.2) is 0 Å². The van der Waals surface area contributed by atoms with Crippen LogP contribution in [0, 0.1) is 5.92 Å². The lowest BCUT2D eigenvalue weighted by Gasteiger charge is -2.32.